The fourth-order valence-corrected chi connectivity index (χ4v) is 10.4. The number of benzene rings is 6. The normalized spacial score (nSPS) is 27.6. The molecule has 2 heterocycles. The fourth-order valence-electron chi connectivity index (χ4n) is 10.4. The molecule has 6 aromatic rings. The second-order valence-electron chi connectivity index (χ2n) is 20.0. The molecule has 0 bridgehead atoms. The quantitative estimate of drug-likeness (QED) is 0.0273. The average molecular weight is 1130 g/mol. The van der Waals surface area contributed by atoms with Crippen LogP contribution in [0.3, 0.4) is 0 Å². The molecular weight excluding hydrogens is 1060 g/mol. The van der Waals surface area contributed by atoms with Crippen LogP contribution in [0.2, 0.25) is 0 Å². The summed E-state index contributed by atoms with van der Waals surface area (Å²) >= 11 is 0. The number of hydrogen-bond donors (Lipinski definition) is 1. The van der Waals surface area contributed by atoms with Gasteiger partial charge in [-0.15, -0.1) is 0 Å². The monoisotopic (exact) mass is 1130 g/mol. The van der Waals surface area contributed by atoms with E-state index >= 15 is 0 Å². The van der Waals surface area contributed by atoms with Crippen molar-refractivity contribution in [1.29, 1.82) is 0 Å². The molecule has 6 aromatic carbocycles. The highest BCUT2D eigenvalue weighted by Crippen LogP contribution is 2.39. The van der Waals surface area contributed by atoms with Gasteiger partial charge in [0, 0.05) is 19.6 Å². The van der Waals surface area contributed by atoms with E-state index in [-0.39, 0.29) is 59.2 Å². The Bertz CT molecular complexity index is 3090. The van der Waals surface area contributed by atoms with Crippen molar-refractivity contribution in [2.75, 3.05) is 13.2 Å². The minimum atomic E-state index is -1.80. The lowest BCUT2D eigenvalue weighted by atomic mass is 9.84. The minimum absolute atomic E-state index is 0.00554. The number of rotatable bonds is 28. The second kappa shape index (κ2) is 31.5. The Morgan fingerprint density at radius 3 is 1.18 bits per heavy atom. The third-order valence-corrected chi connectivity index (χ3v) is 14.4. The van der Waals surface area contributed by atoms with Gasteiger partial charge in [0.15, 0.2) is 12.6 Å². The van der Waals surface area contributed by atoms with Crippen LogP contribution in [-0.4, -0.2) is 110 Å². The Labute approximate surface area is 479 Å². The largest absolute Gasteiger partial charge is 0.388 e. The first kappa shape index (κ1) is 59.7. The van der Waals surface area contributed by atoms with Crippen LogP contribution in [0.25, 0.3) is 41.8 Å². The Morgan fingerprint density at radius 2 is 0.759 bits per heavy atom. The molecule has 2 aliphatic heterocycles. The average Bonchev–Trinajstić information content (AvgIpc) is 3.72. The van der Waals surface area contributed by atoms with Gasteiger partial charge in [0.05, 0.1) is 95.3 Å². The molecule has 23 nitrogen and oxygen atoms in total. The third-order valence-electron chi connectivity index (χ3n) is 14.4. The SMILES string of the molecule is [N-]=[N+]=NC[C@H]1O[C@H](O[C@H]2[C@H](O)[C@@H](O[C@@H]3O[C@H](COCc4ccccc4)[C@@H](OCc4ccccc4)[C@H](N=[N+]=[N-])[C@H]3OCc3ccccc3)[C@H](N=[N+]=[N-])C[C@@H]2N=[N+]=[N-])[C@H](OCc2ccccc2)[C@@H](OCc2ccccc2)[C@@H]1OCc1ccccc1. The van der Waals surface area contributed by atoms with Gasteiger partial charge in [0.1, 0.15) is 36.6 Å². The van der Waals surface area contributed by atoms with E-state index in [0.717, 1.165) is 33.4 Å². The van der Waals surface area contributed by atoms with Crippen LogP contribution >= 0.6 is 0 Å². The summed E-state index contributed by atoms with van der Waals surface area (Å²) in [5, 5.41) is 29.4. The fraction of sp³-hybridized carbons (Fsp3) is 0.400. The molecule has 1 aliphatic carbocycles. The number of azide groups is 4. The molecule has 23 heteroatoms. The van der Waals surface area contributed by atoms with Gasteiger partial charge in [-0.05, 0) is 61.9 Å². The van der Waals surface area contributed by atoms with Crippen molar-refractivity contribution in [2.24, 2.45) is 20.5 Å². The van der Waals surface area contributed by atoms with Crippen LogP contribution < -0.4 is 0 Å². The highest BCUT2D eigenvalue weighted by molar-refractivity contribution is 5.19. The van der Waals surface area contributed by atoms with Gasteiger partial charge in [-0.1, -0.05) is 202 Å². The van der Waals surface area contributed by atoms with E-state index in [1.807, 2.05) is 182 Å². The molecule has 9 rings (SSSR count). The van der Waals surface area contributed by atoms with Gasteiger partial charge >= 0.3 is 0 Å². The van der Waals surface area contributed by atoms with Crippen molar-refractivity contribution in [3.05, 3.63) is 257 Å². The molecule has 0 radical (unpaired) electrons. The number of ether oxygens (including phenoxy) is 10. The lowest BCUT2D eigenvalue weighted by Gasteiger charge is -2.50. The number of nitrogens with zero attached hydrogens (tertiary/aromatic N) is 12. The topological polar surface area (TPSA) is 308 Å². The van der Waals surface area contributed by atoms with Crippen LogP contribution in [-0.2, 0) is 87.0 Å². The van der Waals surface area contributed by atoms with Crippen LogP contribution in [0.15, 0.2) is 202 Å². The number of hydrogen-bond acceptors (Lipinski definition) is 15. The highest BCUT2D eigenvalue weighted by Gasteiger charge is 2.55. The van der Waals surface area contributed by atoms with Crippen molar-refractivity contribution >= 4 is 0 Å². The summed E-state index contributed by atoms with van der Waals surface area (Å²) in [5.74, 6) is 0. The Morgan fingerprint density at radius 1 is 0.398 bits per heavy atom. The Kier molecular flexibility index (Phi) is 22.7. The first-order valence-electron chi connectivity index (χ1n) is 27.3. The van der Waals surface area contributed by atoms with Crippen molar-refractivity contribution < 1.29 is 52.5 Å². The molecule has 1 N–H and O–H groups in total. The standard InChI is InChI=1S/C60H64N12O11/c61-69-65-32-48-55(76-35-42-23-11-3-12-24-42)57(78-37-44-27-15-5-16-28-44)58(79-38-45-29-17-6-18-30-45)60(80-48)83-53-47(67-71-63)31-46(66-70-62)52(51(53)73)82-59-56(77-36-43-25-13-4-14-26-43)50(68-72-64)54(75-34-41-21-9-2-10-22-41)49(81-59)39-74-33-40-19-7-1-8-20-40/h1-30,46-60,73H,31-39H2/t46-,47+,48-,49-,50+,51-,52+,53-,54-,55-,56-,57+,58-,59+,60-/m1/s1. The number of aliphatic hydroxyl groups is 1. The maximum atomic E-state index is 13.0. The lowest BCUT2D eigenvalue weighted by molar-refractivity contribution is -0.348. The molecule has 1 saturated carbocycles. The molecule has 2 saturated heterocycles. The molecule has 0 amide bonds. The third kappa shape index (κ3) is 16.7. The summed E-state index contributed by atoms with van der Waals surface area (Å²) in [6.07, 6.45) is -15.3. The van der Waals surface area contributed by atoms with E-state index in [2.05, 4.69) is 40.1 Å². The van der Waals surface area contributed by atoms with Crippen LogP contribution in [0.4, 0.5) is 0 Å². The predicted octanol–water partition coefficient (Wildman–Crippen LogP) is 11.5. The van der Waals surface area contributed by atoms with E-state index in [1.54, 1.807) is 0 Å². The first-order valence-corrected chi connectivity index (χ1v) is 27.3. The Hall–Kier alpha value is -7.88. The smallest absolute Gasteiger partial charge is 0.187 e. The molecular formula is C60H64N12O11. The summed E-state index contributed by atoms with van der Waals surface area (Å²) in [5.41, 5.74) is 45.2. The van der Waals surface area contributed by atoms with Crippen molar-refractivity contribution in [3.8, 4) is 0 Å². The van der Waals surface area contributed by atoms with Gasteiger partial charge in [-0.2, -0.15) is 0 Å². The highest BCUT2D eigenvalue weighted by atomic mass is 16.7. The van der Waals surface area contributed by atoms with Gasteiger partial charge in [-0.25, -0.2) is 0 Å². The van der Waals surface area contributed by atoms with Crippen LogP contribution in [0, 0.1) is 0 Å². The zero-order valence-corrected chi connectivity index (χ0v) is 45.2. The van der Waals surface area contributed by atoms with Gasteiger partial charge < -0.3 is 52.5 Å². The maximum absolute atomic E-state index is 13.0. The minimum Gasteiger partial charge on any atom is -0.388 e. The predicted molar refractivity (Wildman–Crippen MR) is 302 cm³/mol. The second-order valence-corrected chi connectivity index (χ2v) is 20.0. The summed E-state index contributed by atoms with van der Waals surface area (Å²) in [7, 11) is 0. The van der Waals surface area contributed by atoms with Gasteiger partial charge in [0.25, 0.3) is 0 Å². The van der Waals surface area contributed by atoms with Gasteiger partial charge in [0.2, 0.25) is 0 Å². The van der Waals surface area contributed by atoms with E-state index in [9.17, 15) is 27.2 Å². The van der Waals surface area contributed by atoms with Crippen LogP contribution in [0.1, 0.15) is 39.8 Å². The van der Waals surface area contributed by atoms with Crippen LogP contribution in [0.5, 0.6) is 0 Å². The zero-order valence-electron chi connectivity index (χ0n) is 45.2. The summed E-state index contributed by atoms with van der Waals surface area (Å²) in [6.45, 7) is 0.190. The molecule has 3 aliphatic rings. The lowest BCUT2D eigenvalue weighted by Crippen LogP contribution is -2.66. The molecule has 0 unspecified atom stereocenters. The van der Waals surface area contributed by atoms with E-state index < -0.39 is 91.7 Å². The van der Waals surface area contributed by atoms with Crippen molar-refractivity contribution in [1.82, 2.24) is 0 Å². The van der Waals surface area contributed by atoms with Crippen molar-refractivity contribution in [3.63, 3.8) is 0 Å². The van der Waals surface area contributed by atoms with E-state index in [0.29, 0.717) is 0 Å². The first-order chi connectivity index (χ1) is 40.9. The summed E-state index contributed by atoms with van der Waals surface area (Å²) in [6, 6.07) is 53.1. The van der Waals surface area contributed by atoms with Crippen molar-refractivity contribution in [2.45, 2.75) is 138 Å². The molecule has 430 valence electrons. The summed E-state index contributed by atoms with van der Waals surface area (Å²) < 4.78 is 67.4. The maximum Gasteiger partial charge on any atom is 0.187 e. The zero-order chi connectivity index (χ0) is 57.4. The number of aliphatic hydroxyl groups excluding tert-OH is 1. The molecule has 0 spiro atoms. The van der Waals surface area contributed by atoms with E-state index in [1.165, 1.54) is 0 Å². The molecule has 0 aromatic heterocycles. The molecule has 3 fully saturated rings. The summed E-state index contributed by atoms with van der Waals surface area (Å²) in [4.78, 5) is 12.6. The van der Waals surface area contributed by atoms with E-state index in [4.69, 9.17) is 47.4 Å². The Balaban J connectivity index is 1.08. The van der Waals surface area contributed by atoms with Gasteiger partial charge in [-0.3, -0.25) is 0 Å². The molecule has 15 atom stereocenters. The molecule has 83 heavy (non-hydrogen) atoms.